The summed E-state index contributed by atoms with van der Waals surface area (Å²) in [7, 11) is -0.917. The molecule has 0 spiro atoms. The predicted molar refractivity (Wildman–Crippen MR) is 44.9 cm³/mol. The Kier molecular flexibility index (Phi) is 5.32. The first-order valence-electron chi connectivity index (χ1n) is 3.58. The van der Waals surface area contributed by atoms with E-state index in [-0.39, 0.29) is 5.78 Å². The summed E-state index contributed by atoms with van der Waals surface area (Å²) in [5, 5.41) is 9.08. The molecule has 0 fully saturated rings. The van der Waals surface area contributed by atoms with Crippen LogP contribution in [0, 0.1) is 0 Å². The molecule has 0 saturated carbocycles. The van der Waals surface area contributed by atoms with Crippen molar-refractivity contribution in [3.8, 4) is 0 Å². The van der Waals surface area contributed by atoms with E-state index in [0.29, 0.717) is 18.6 Å². The van der Waals surface area contributed by atoms with Gasteiger partial charge in [0.25, 0.3) is 0 Å². The van der Waals surface area contributed by atoms with Gasteiger partial charge < -0.3 is 5.11 Å². The number of ketones is 1. The highest BCUT2D eigenvalue weighted by Gasteiger charge is 2.12. The molecule has 4 heteroatoms. The zero-order chi connectivity index (χ0) is 8.85. The molecule has 1 N–H and O–H groups in total. The molecule has 0 aliphatic rings. The fourth-order valence-corrected chi connectivity index (χ4v) is 1.23. The Hall–Kier alpha value is -0.220. The fraction of sp³-hybridized carbons (Fsp3) is 0.857. The Bertz CT molecular complexity index is 156. The Morgan fingerprint density at radius 3 is 2.55 bits per heavy atom. The van der Waals surface area contributed by atoms with Crippen molar-refractivity contribution in [1.82, 2.24) is 0 Å². The first-order chi connectivity index (χ1) is 5.07. The fourth-order valence-electron chi connectivity index (χ4n) is 0.674. The molecule has 0 heterocycles. The van der Waals surface area contributed by atoms with Crippen molar-refractivity contribution < 1.29 is 14.1 Å². The SMILES string of the molecule is CCC(=O)C(O)CCS(C)=O. The summed E-state index contributed by atoms with van der Waals surface area (Å²) in [5.41, 5.74) is 0. The van der Waals surface area contributed by atoms with E-state index in [2.05, 4.69) is 0 Å². The first kappa shape index (κ1) is 10.8. The largest absolute Gasteiger partial charge is 0.385 e. The number of aliphatic hydroxyl groups excluding tert-OH is 1. The number of carbonyl (C=O) groups excluding carboxylic acids is 1. The van der Waals surface area contributed by atoms with E-state index < -0.39 is 16.9 Å². The van der Waals surface area contributed by atoms with E-state index in [9.17, 15) is 9.00 Å². The molecule has 0 aromatic rings. The van der Waals surface area contributed by atoms with Crippen LogP contribution in [-0.4, -0.2) is 33.2 Å². The van der Waals surface area contributed by atoms with Crippen LogP contribution >= 0.6 is 0 Å². The number of aliphatic hydroxyl groups is 1. The summed E-state index contributed by atoms with van der Waals surface area (Å²) in [6, 6.07) is 0. The maximum Gasteiger partial charge on any atom is 0.161 e. The molecule has 0 rings (SSSR count). The average molecular weight is 178 g/mol. The summed E-state index contributed by atoms with van der Waals surface area (Å²) >= 11 is 0. The lowest BCUT2D eigenvalue weighted by atomic mass is 10.1. The zero-order valence-electron chi connectivity index (χ0n) is 6.87. The molecule has 2 atom stereocenters. The van der Waals surface area contributed by atoms with E-state index in [1.54, 1.807) is 13.2 Å². The minimum atomic E-state index is -0.917. The monoisotopic (exact) mass is 178 g/mol. The van der Waals surface area contributed by atoms with Crippen LogP contribution in [0.15, 0.2) is 0 Å². The van der Waals surface area contributed by atoms with Gasteiger partial charge in [0.2, 0.25) is 0 Å². The van der Waals surface area contributed by atoms with E-state index in [1.807, 2.05) is 0 Å². The number of rotatable bonds is 5. The Labute approximate surface area is 69.3 Å². The second kappa shape index (κ2) is 5.43. The maximum atomic E-state index is 10.8. The number of Topliss-reactive ketones (excluding diaryl/α,β-unsaturated/α-hetero) is 1. The minimum absolute atomic E-state index is 0.171. The molecule has 0 radical (unpaired) electrons. The molecule has 0 aliphatic heterocycles. The van der Waals surface area contributed by atoms with Crippen molar-refractivity contribution in [2.75, 3.05) is 12.0 Å². The Morgan fingerprint density at radius 1 is 1.64 bits per heavy atom. The molecule has 66 valence electrons. The van der Waals surface area contributed by atoms with Gasteiger partial charge in [-0.3, -0.25) is 9.00 Å². The lowest BCUT2D eigenvalue weighted by Crippen LogP contribution is -2.21. The van der Waals surface area contributed by atoms with E-state index in [0.717, 1.165) is 0 Å². The third-order valence-corrected chi connectivity index (χ3v) is 2.21. The number of hydrogen-bond donors (Lipinski definition) is 1. The highest BCUT2D eigenvalue weighted by Crippen LogP contribution is 1.97. The highest BCUT2D eigenvalue weighted by atomic mass is 32.2. The summed E-state index contributed by atoms with van der Waals surface area (Å²) in [6.45, 7) is 1.70. The molecule has 11 heavy (non-hydrogen) atoms. The van der Waals surface area contributed by atoms with Gasteiger partial charge in [0, 0.05) is 29.2 Å². The number of carbonyl (C=O) groups is 1. The van der Waals surface area contributed by atoms with Crippen molar-refractivity contribution in [2.45, 2.75) is 25.9 Å². The second-order valence-corrected chi connectivity index (χ2v) is 3.96. The molecule has 0 saturated heterocycles. The van der Waals surface area contributed by atoms with Crippen LogP contribution in [0.1, 0.15) is 19.8 Å². The molecule has 0 bridgehead atoms. The highest BCUT2D eigenvalue weighted by molar-refractivity contribution is 7.84. The average Bonchev–Trinajstić information content (AvgIpc) is 1.98. The minimum Gasteiger partial charge on any atom is -0.385 e. The van der Waals surface area contributed by atoms with Crippen LogP contribution in [0.2, 0.25) is 0 Å². The van der Waals surface area contributed by atoms with E-state index in [1.165, 1.54) is 0 Å². The van der Waals surface area contributed by atoms with Gasteiger partial charge in [-0.2, -0.15) is 0 Å². The van der Waals surface area contributed by atoms with Crippen molar-refractivity contribution in [1.29, 1.82) is 0 Å². The molecule has 0 aromatic heterocycles. The molecular formula is C7H14O3S. The summed E-state index contributed by atoms with van der Waals surface area (Å²) < 4.78 is 10.5. The topological polar surface area (TPSA) is 54.4 Å². The summed E-state index contributed by atoms with van der Waals surface area (Å²) in [4.78, 5) is 10.8. The van der Waals surface area contributed by atoms with Crippen LogP contribution in [-0.2, 0) is 15.6 Å². The summed E-state index contributed by atoms with van der Waals surface area (Å²) in [5.74, 6) is 0.225. The van der Waals surface area contributed by atoms with Gasteiger partial charge in [-0.25, -0.2) is 0 Å². The Morgan fingerprint density at radius 2 is 2.18 bits per heavy atom. The third-order valence-electron chi connectivity index (χ3n) is 1.40. The van der Waals surface area contributed by atoms with Crippen molar-refractivity contribution in [3.63, 3.8) is 0 Å². The lowest BCUT2D eigenvalue weighted by Gasteiger charge is -2.05. The third kappa shape index (κ3) is 5.09. The van der Waals surface area contributed by atoms with Crippen LogP contribution in [0.5, 0.6) is 0 Å². The van der Waals surface area contributed by atoms with Crippen LogP contribution in [0.25, 0.3) is 0 Å². The van der Waals surface area contributed by atoms with Crippen LogP contribution in [0.3, 0.4) is 0 Å². The molecule has 2 unspecified atom stereocenters. The smallest absolute Gasteiger partial charge is 0.161 e. The second-order valence-electron chi connectivity index (χ2n) is 2.40. The van der Waals surface area contributed by atoms with Gasteiger partial charge in [0.1, 0.15) is 6.10 Å². The van der Waals surface area contributed by atoms with Crippen LogP contribution in [0.4, 0.5) is 0 Å². The zero-order valence-corrected chi connectivity index (χ0v) is 7.69. The normalized spacial score (nSPS) is 15.9. The molecule has 0 aromatic carbocycles. The van der Waals surface area contributed by atoms with Crippen LogP contribution < -0.4 is 0 Å². The van der Waals surface area contributed by atoms with Gasteiger partial charge in [-0.1, -0.05) is 6.92 Å². The molecular weight excluding hydrogens is 164 g/mol. The van der Waals surface area contributed by atoms with Gasteiger partial charge >= 0.3 is 0 Å². The molecule has 0 amide bonds. The van der Waals surface area contributed by atoms with Gasteiger partial charge in [0.05, 0.1) is 0 Å². The maximum absolute atomic E-state index is 10.8. The lowest BCUT2D eigenvalue weighted by molar-refractivity contribution is -0.126. The van der Waals surface area contributed by atoms with E-state index in [4.69, 9.17) is 5.11 Å². The molecule has 0 aliphatic carbocycles. The van der Waals surface area contributed by atoms with Gasteiger partial charge in [-0.05, 0) is 6.42 Å². The van der Waals surface area contributed by atoms with Crippen molar-refractivity contribution >= 4 is 16.6 Å². The standard InChI is InChI=1S/C7H14O3S/c1-3-6(8)7(9)4-5-11(2)10/h7,9H,3-5H2,1-2H3. The predicted octanol–water partition coefficient (Wildman–Crippen LogP) is 0.0950. The van der Waals surface area contributed by atoms with Gasteiger partial charge in [-0.15, -0.1) is 0 Å². The summed E-state index contributed by atoms with van der Waals surface area (Å²) in [6.07, 6.45) is 1.31. The molecule has 3 nitrogen and oxygen atoms in total. The Balaban J connectivity index is 3.60. The first-order valence-corrected chi connectivity index (χ1v) is 5.31. The van der Waals surface area contributed by atoms with Crippen molar-refractivity contribution in [2.24, 2.45) is 0 Å². The number of hydrogen-bond acceptors (Lipinski definition) is 3. The van der Waals surface area contributed by atoms with Crippen molar-refractivity contribution in [3.05, 3.63) is 0 Å². The quantitative estimate of drug-likeness (QED) is 0.649. The van der Waals surface area contributed by atoms with E-state index >= 15 is 0 Å². The van der Waals surface area contributed by atoms with Gasteiger partial charge in [0.15, 0.2) is 5.78 Å².